The molecule has 2 atom stereocenters. The third-order valence-electron chi connectivity index (χ3n) is 5.66. The number of rotatable bonds is 7. The van der Waals surface area contributed by atoms with Crippen LogP contribution in [0.1, 0.15) is 40.5 Å². The first-order chi connectivity index (χ1) is 13.1. The molecule has 2 unspecified atom stereocenters. The summed E-state index contributed by atoms with van der Waals surface area (Å²) in [5.74, 6) is 0.827. The van der Waals surface area contributed by atoms with Gasteiger partial charge in [-0.05, 0) is 40.2 Å². The monoisotopic (exact) mass is 381 g/mol. The minimum atomic E-state index is -0.0692. The summed E-state index contributed by atoms with van der Waals surface area (Å²) in [6.45, 7) is 17.9. The molecule has 0 saturated carbocycles. The van der Waals surface area contributed by atoms with E-state index in [1.54, 1.807) is 0 Å². The van der Waals surface area contributed by atoms with Gasteiger partial charge in [-0.1, -0.05) is 6.92 Å². The van der Waals surface area contributed by atoms with Crippen molar-refractivity contribution >= 4 is 11.9 Å². The van der Waals surface area contributed by atoms with Gasteiger partial charge in [0, 0.05) is 51.9 Å². The standard InChI is InChI=1S/C20H39N5O2/c1-5-21-20(25-10-8-9-18(16-25)19(26)27-7-3)22-15-17(4)24-13-11-23(6-2)12-14-24/h17-18H,5-16H2,1-4H3,(H,21,22). The summed E-state index contributed by atoms with van der Waals surface area (Å²) in [5.41, 5.74) is 0. The maximum atomic E-state index is 12.1. The predicted molar refractivity (Wildman–Crippen MR) is 110 cm³/mol. The molecule has 0 aromatic heterocycles. The third kappa shape index (κ3) is 6.64. The predicted octanol–water partition coefficient (Wildman–Crippen LogP) is 1.25. The first-order valence-electron chi connectivity index (χ1n) is 10.7. The van der Waals surface area contributed by atoms with Crippen LogP contribution in [-0.4, -0.2) is 98.2 Å². The Bertz CT molecular complexity index is 477. The van der Waals surface area contributed by atoms with E-state index in [2.05, 4.69) is 40.8 Å². The molecule has 27 heavy (non-hydrogen) atoms. The highest BCUT2D eigenvalue weighted by atomic mass is 16.5. The lowest BCUT2D eigenvalue weighted by molar-refractivity contribution is -0.149. The lowest BCUT2D eigenvalue weighted by Crippen LogP contribution is -2.51. The van der Waals surface area contributed by atoms with Crippen molar-refractivity contribution < 1.29 is 9.53 Å². The third-order valence-corrected chi connectivity index (χ3v) is 5.66. The van der Waals surface area contributed by atoms with Gasteiger partial charge in [0.05, 0.1) is 19.1 Å². The largest absolute Gasteiger partial charge is 0.466 e. The number of guanidine groups is 1. The van der Waals surface area contributed by atoms with Crippen molar-refractivity contribution in [2.24, 2.45) is 10.9 Å². The van der Waals surface area contributed by atoms with Gasteiger partial charge in [0.1, 0.15) is 0 Å². The van der Waals surface area contributed by atoms with Gasteiger partial charge in [-0.3, -0.25) is 14.7 Å². The molecule has 156 valence electrons. The fourth-order valence-electron chi connectivity index (χ4n) is 3.90. The van der Waals surface area contributed by atoms with E-state index in [-0.39, 0.29) is 11.9 Å². The zero-order valence-corrected chi connectivity index (χ0v) is 17.7. The van der Waals surface area contributed by atoms with E-state index < -0.39 is 0 Å². The van der Waals surface area contributed by atoms with Gasteiger partial charge in [-0.15, -0.1) is 0 Å². The van der Waals surface area contributed by atoms with Gasteiger partial charge in [0.15, 0.2) is 5.96 Å². The molecule has 0 aliphatic carbocycles. The molecule has 1 N–H and O–H groups in total. The highest BCUT2D eigenvalue weighted by molar-refractivity contribution is 5.81. The Morgan fingerprint density at radius 3 is 2.56 bits per heavy atom. The fourth-order valence-corrected chi connectivity index (χ4v) is 3.90. The Labute approximate surface area is 165 Å². The molecule has 2 heterocycles. The molecule has 0 amide bonds. The highest BCUT2D eigenvalue weighted by Gasteiger charge is 2.28. The Balaban J connectivity index is 1.91. The van der Waals surface area contributed by atoms with Crippen molar-refractivity contribution in [3.05, 3.63) is 0 Å². The minimum Gasteiger partial charge on any atom is -0.466 e. The zero-order valence-electron chi connectivity index (χ0n) is 17.7. The summed E-state index contributed by atoms with van der Waals surface area (Å²) < 4.78 is 5.23. The second kappa shape index (κ2) is 11.5. The number of piperidine rings is 1. The fraction of sp³-hybridized carbons (Fsp3) is 0.900. The number of piperazine rings is 1. The maximum absolute atomic E-state index is 12.1. The van der Waals surface area contributed by atoms with Crippen LogP contribution in [-0.2, 0) is 9.53 Å². The number of hydrogen-bond acceptors (Lipinski definition) is 5. The lowest BCUT2D eigenvalue weighted by Gasteiger charge is -2.37. The summed E-state index contributed by atoms with van der Waals surface area (Å²) in [7, 11) is 0. The molecule has 0 radical (unpaired) electrons. The van der Waals surface area contributed by atoms with Gasteiger partial charge in [0.2, 0.25) is 0 Å². The smallest absolute Gasteiger partial charge is 0.310 e. The molecule has 2 rings (SSSR count). The number of hydrogen-bond donors (Lipinski definition) is 1. The Kier molecular flexibility index (Phi) is 9.34. The van der Waals surface area contributed by atoms with Crippen molar-refractivity contribution in [1.29, 1.82) is 0 Å². The molecule has 2 aliphatic rings. The van der Waals surface area contributed by atoms with Gasteiger partial charge >= 0.3 is 5.97 Å². The summed E-state index contributed by atoms with van der Waals surface area (Å²) in [5, 5.41) is 3.42. The molecular weight excluding hydrogens is 342 g/mol. The van der Waals surface area contributed by atoms with Crippen LogP contribution in [0.25, 0.3) is 0 Å². The molecular formula is C20H39N5O2. The van der Waals surface area contributed by atoms with E-state index in [0.717, 1.165) is 71.2 Å². The van der Waals surface area contributed by atoms with E-state index in [1.807, 2.05) is 6.92 Å². The highest BCUT2D eigenvalue weighted by Crippen LogP contribution is 2.18. The minimum absolute atomic E-state index is 0.0397. The van der Waals surface area contributed by atoms with E-state index in [1.165, 1.54) is 0 Å². The lowest BCUT2D eigenvalue weighted by atomic mass is 9.98. The van der Waals surface area contributed by atoms with Gasteiger partial charge in [0.25, 0.3) is 0 Å². The van der Waals surface area contributed by atoms with Crippen molar-refractivity contribution in [2.45, 2.75) is 46.6 Å². The molecule has 0 aromatic rings. The number of aliphatic imine (C=N–C) groups is 1. The summed E-state index contributed by atoms with van der Waals surface area (Å²) >= 11 is 0. The van der Waals surface area contributed by atoms with E-state index >= 15 is 0 Å². The van der Waals surface area contributed by atoms with Crippen LogP contribution < -0.4 is 5.32 Å². The number of likely N-dealkylation sites (tertiary alicyclic amines) is 1. The number of likely N-dealkylation sites (N-methyl/N-ethyl adjacent to an activating group) is 1. The first-order valence-corrected chi connectivity index (χ1v) is 10.7. The van der Waals surface area contributed by atoms with Gasteiger partial charge in [-0.2, -0.15) is 0 Å². The van der Waals surface area contributed by atoms with Crippen LogP contribution in [0.2, 0.25) is 0 Å². The normalized spacial score (nSPS) is 23.9. The number of nitrogens with one attached hydrogen (secondary N) is 1. The second-order valence-corrected chi connectivity index (χ2v) is 7.55. The Hall–Kier alpha value is -1.34. The summed E-state index contributed by atoms with van der Waals surface area (Å²) in [4.78, 5) is 24.3. The number of nitrogens with zero attached hydrogens (tertiary/aromatic N) is 4. The van der Waals surface area contributed by atoms with E-state index in [0.29, 0.717) is 19.2 Å². The Morgan fingerprint density at radius 2 is 1.93 bits per heavy atom. The number of ether oxygens (including phenoxy) is 1. The van der Waals surface area contributed by atoms with Gasteiger partial charge < -0.3 is 19.9 Å². The quantitative estimate of drug-likeness (QED) is 0.407. The Morgan fingerprint density at radius 1 is 1.19 bits per heavy atom. The van der Waals surface area contributed by atoms with Crippen LogP contribution in [0.15, 0.2) is 4.99 Å². The van der Waals surface area contributed by atoms with Crippen LogP contribution in [0.5, 0.6) is 0 Å². The van der Waals surface area contributed by atoms with Crippen LogP contribution in [0, 0.1) is 5.92 Å². The van der Waals surface area contributed by atoms with E-state index in [4.69, 9.17) is 9.73 Å². The molecule has 2 saturated heterocycles. The summed E-state index contributed by atoms with van der Waals surface area (Å²) in [6.07, 6.45) is 1.91. The zero-order chi connectivity index (χ0) is 19.6. The van der Waals surface area contributed by atoms with Crippen LogP contribution in [0.3, 0.4) is 0 Å². The molecule has 7 heteroatoms. The summed E-state index contributed by atoms with van der Waals surface area (Å²) in [6, 6.07) is 0.434. The average molecular weight is 382 g/mol. The maximum Gasteiger partial charge on any atom is 0.310 e. The van der Waals surface area contributed by atoms with Crippen molar-refractivity contribution in [3.63, 3.8) is 0 Å². The number of carbonyl (C=O) groups excluding carboxylic acids is 1. The van der Waals surface area contributed by atoms with Gasteiger partial charge in [-0.25, -0.2) is 0 Å². The van der Waals surface area contributed by atoms with Crippen LogP contribution in [0.4, 0.5) is 0 Å². The molecule has 0 spiro atoms. The number of carbonyl (C=O) groups is 1. The van der Waals surface area contributed by atoms with Crippen LogP contribution >= 0.6 is 0 Å². The topological polar surface area (TPSA) is 60.4 Å². The average Bonchev–Trinajstić information content (AvgIpc) is 2.71. The van der Waals surface area contributed by atoms with E-state index in [9.17, 15) is 4.79 Å². The second-order valence-electron chi connectivity index (χ2n) is 7.55. The SMILES string of the molecule is CCNC(=NCC(C)N1CCN(CC)CC1)N1CCCC(C(=O)OCC)C1. The molecule has 0 aromatic carbocycles. The number of esters is 1. The molecule has 7 nitrogen and oxygen atoms in total. The molecule has 2 aliphatic heterocycles. The first kappa shape index (κ1) is 22.0. The molecule has 0 bridgehead atoms. The van der Waals surface area contributed by atoms with Crippen molar-refractivity contribution in [3.8, 4) is 0 Å². The van der Waals surface area contributed by atoms with Crippen molar-refractivity contribution in [1.82, 2.24) is 20.0 Å². The molecule has 2 fully saturated rings. The van der Waals surface area contributed by atoms with Crippen molar-refractivity contribution in [2.75, 3.05) is 65.5 Å².